The van der Waals surface area contributed by atoms with Crippen LogP contribution in [0.15, 0.2) is 23.8 Å². The second kappa shape index (κ2) is 5.85. The highest BCUT2D eigenvalue weighted by Gasteiger charge is 2.68. The molecule has 4 aliphatic rings. The molecule has 0 amide bonds. The minimum absolute atomic E-state index is 0.00620. The third-order valence-corrected chi connectivity index (χ3v) is 8.57. The van der Waals surface area contributed by atoms with Gasteiger partial charge in [-0.1, -0.05) is 32.4 Å². The molecule has 0 radical (unpaired) electrons. The Morgan fingerprint density at radius 1 is 1.33 bits per heavy atom. The van der Waals surface area contributed by atoms with Gasteiger partial charge in [-0.25, -0.2) is 0 Å². The van der Waals surface area contributed by atoms with Gasteiger partial charge in [-0.2, -0.15) is 0 Å². The average molecular weight is 374 g/mol. The number of allylic oxidation sites excluding steroid dienone is 4. The van der Waals surface area contributed by atoms with Gasteiger partial charge in [0.15, 0.2) is 11.6 Å². The van der Waals surface area contributed by atoms with Gasteiger partial charge in [-0.15, -0.1) is 0 Å². The Bertz CT molecular complexity index is 754. The molecule has 0 aromatic heterocycles. The third kappa shape index (κ3) is 2.28. The number of fused-ring (bicyclic) bond motifs is 5. The topological polar surface area (TPSA) is 94.8 Å². The fourth-order valence-electron chi connectivity index (χ4n) is 7.34. The molecule has 148 valence electrons. The number of aliphatic hydroxyl groups excluding tert-OH is 2. The molecule has 0 unspecified atom stereocenters. The Morgan fingerprint density at radius 2 is 2.04 bits per heavy atom. The summed E-state index contributed by atoms with van der Waals surface area (Å²) in [6.45, 7) is 5.48. The lowest BCUT2D eigenvalue weighted by Gasteiger charge is -2.60. The van der Waals surface area contributed by atoms with E-state index in [0.29, 0.717) is 12.8 Å². The van der Waals surface area contributed by atoms with E-state index in [4.69, 9.17) is 0 Å². The van der Waals surface area contributed by atoms with Crippen molar-refractivity contribution in [1.29, 1.82) is 0 Å². The maximum atomic E-state index is 12.4. The Morgan fingerprint density at radius 3 is 2.70 bits per heavy atom. The van der Waals surface area contributed by atoms with Crippen molar-refractivity contribution in [2.45, 2.75) is 58.2 Å². The molecular weight excluding hydrogens is 344 g/mol. The van der Waals surface area contributed by atoms with Crippen LogP contribution < -0.4 is 0 Å². The first-order chi connectivity index (χ1) is 12.6. The number of rotatable bonds is 2. The minimum atomic E-state index is -1.57. The molecule has 0 heterocycles. The lowest BCUT2D eigenvalue weighted by atomic mass is 9.45. The summed E-state index contributed by atoms with van der Waals surface area (Å²) in [7, 11) is 0. The second-order valence-electron chi connectivity index (χ2n) is 9.72. The van der Waals surface area contributed by atoms with Crippen LogP contribution in [0.1, 0.15) is 46.5 Å². The number of carbonyl (C=O) groups is 2. The van der Waals surface area contributed by atoms with E-state index in [2.05, 4.69) is 13.8 Å². The van der Waals surface area contributed by atoms with Crippen molar-refractivity contribution in [3.05, 3.63) is 23.8 Å². The highest BCUT2D eigenvalue weighted by atomic mass is 16.3. The van der Waals surface area contributed by atoms with E-state index in [1.54, 1.807) is 12.2 Å². The SMILES string of the molecule is C[C@H]1C[C@@H]2[C@H]([C@H](O)C[C@]3(C)[C@@H]2CC[C@@]3(O)C(=O)CO)[C@@]2(C)C=CC(=O)C=C12. The van der Waals surface area contributed by atoms with Crippen LogP contribution in [0.3, 0.4) is 0 Å². The molecule has 27 heavy (non-hydrogen) atoms. The molecule has 0 aromatic rings. The summed E-state index contributed by atoms with van der Waals surface area (Å²) in [6, 6.07) is 0. The van der Waals surface area contributed by atoms with Crippen LogP contribution in [0, 0.1) is 34.5 Å². The van der Waals surface area contributed by atoms with E-state index in [0.717, 1.165) is 18.4 Å². The summed E-state index contributed by atoms with van der Waals surface area (Å²) in [4.78, 5) is 24.4. The van der Waals surface area contributed by atoms with E-state index >= 15 is 0 Å². The molecule has 5 heteroatoms. The highest BCUT2D eigenvalue weighted by Crippen LogP contribution is 2.67. The summed E-state index contributed by atoms with van der Waals surface area (Å²) >= 11 is 0. The Labute approximate surface area is 160 Å². The normalized spacial score (nSPS) is 51.3. The van der Waals surface area contributed by atoms with Gasteiger partial charge in [-0.3, -0.25) is 9.59 Å². The van der Waals surface area contributed by atoms with Crippen molar-refractivity contribution in [2.24, 2.45) is 34.5 Å². The smallest absolute Gasteiger partial charge is 0.190 e. The summed E-state index contributed by atoms with van der Waals surface area (Å²) in [5.41, 5.74) is -1.59. The van der Waals surface area contributed by atoms with Crippen molar-refractivity contribution in [1.82, 2.24) is 0 Å². The average Bonchev–Trinajstić information content (AvgIpc) is 2.87. The fourth-order valence-corrected chi connectivity index (χ4v) is 7.34. The number of hydrogen-bond donors (Lipinski definition) is 3. The molecule has 0 bridgehead atoms. The van der Waals surface area contributed by atoms with E-state index < -0.39 is 29.5 Å². The van der Waals surface area contributed by atoms with Crippen LogP contribution >= 0.6 is 0 Å². The number of Topliss-reactive ketones (excluding diaryl/α,β-unsaturated/α-hetero) is 1. The number of hydrogen-bond acceptors (Lipinski definition) is 5. The molecule has 0 aliphatic heterocycles. The van der Waals surface area contributed by atoms with Crippen molar-refractivity contribution < 1.29 is 24.9 Å². The lowest BCUT2D eigenvalue weighted by Crippen LogP contribution is -2.62. The quantitative estimate of drug-likeness (QED) is 0.685. The highest BCUT2D eigenvalue weighted by molar-refractivity contribution is 6.01. The van der Waals surface area contributed by atoms with Gasteiger partial charge in [0.1, 0.15) is 12.2 Å². The number of ketones is 2. The van der Waals surface area contributed by atoms with Crippen LogP contribution in [-0.2, 0) is 9.59 Å². The van der Waals surface area contributed by atoms with Gasteiger partial charge in [0.25, 0.3) is 0 Å². The molecule has 4 aliphatic carbocycles. The Balaban J connectivity index is 1.78. The molecule has 0 spiro atoms. The van der Waals surface area contributed by atoms with Gasteiger partial charge in [-0.05, 0) is 55.6 Å². The van der Waals surface area contributed by atoms with E-state index in [1.807, 2.05) is 13.0 Å². The third-order valence-electron chi connectivity index (χ3n) is 8.57. The molecular formula is C22H30O5. The van der Waals surface area contributed by atoms with Crippen LogP contribution in [0.25, 0.3) is 0 Å². The molecule has 3 fully saturated rings. The first kappa shape index (κ1) is 19.0. The molecule has 3 saturated carbocycles. The summed E-state index contributed by atoms with van der Waals surface area (Å²) in [6.07, 6.45) is 6.87. The molecule has 0 aromatic carbocycles. The predicted molar refractivity (Wildman–Crippen MR) is 99.6 cm³/mol. The zero-order chi connectivity index (χ0) is 19.8. The molecule has 8 atom stereocenters. The van der Waals surface area contributed by atoms with Crippen LogP contribution in [0.4, 0.5) is 0 Å². The first-order valence-electron chi connectivity index (χ1n) is 10.1. The van der Waals surface area contributed by atoms with Crippen LogP contribution in [0.5, 0.6) is 0 Å². The van der Waals surface area contributed by atoms with Gasteiger partial charge in [0.2, 0.25) is 0 Å². The summed E-state index contributed by atoms with van der Waals surface area (Å²) in [5, 5.41) is 31.9. The Kier molecular flexibility index (Phi) is 4.12. The Hall–Kier alpha value is -1.30. The monoisotopic (exact) mass is 374 g/mol. The summed E-state index contributed by atoms with van der Waals surface area (Å²) < 4.78 is 0. The van der Waals surface area contributed by atoms with Crippen molar-refractivity contribution in [3.8, 4) is 0 Å². The molecule has 3 N–H and O–H groups in total. The van der Waals surface area contributed by atoms with Crippen molar-refractivity contribution >= 4 is 11.6 Å². The minimum Gasteiger partial charge on any atom is -0.393 e. The van der Waals surface area contributed by atoms with Gasteiger partial charge < -0.3 is 15.3 Å². The summed E-state index contributed by atoms with van der Waals surface area (Å²) in [5.74, 6) is -0.0768. The maximum Gasteiger partial charge on any atom is 0.190 e. The lowest BCUT2D eigenvalue weighted by molar-refractivity contribution is -0.180. The van der Waals surface area contributed by atoms with E-state index in [-0.39, 0.29) is 34.9 Å². The van der Waals surface area contributed by atoms with Crippen LogP contribution in [-0.4, -0.2) is 45.2 Å². The first-order valence-corrected chi connectivity index (χ1v) is 10.1. The standard InChI is InChI=1S/C22H30O5/c1-12-8-14-15-5-7-22(27,18(26)11-23)21(15,3)10-17(25)19(14)20(2)6-4-13(24)9-16(12)20/h4,6,9,12,14-15,17,19,23,25,27H,5,7-8,10-11H2,1-3H3/t12-,14-,15+,17+,19+,20-,21+,22+/m0/s1. The molecule has 4 rings (SSSR count). The van der Waals surface area contributed by atoms with Crippen molar-refractivity contribution in [3.63, 3.8) is 0 Å². The second-order valence-corrected chi connectivity index (χ2v) is 9.72. The van der Waals surface area contributed by atoms with Crippen LogP contribution in [0.2, 0.25) is 0 Å². The van der Waals surface area contributed by atoms with E-state index in [1.165, 1.54) is 0 Å². The van der Waals surface area contributed by atoms with E-state index in [9.17, 15) is 24.9 Å². The van der Waals surface area contributed by atoms with Crippen molar-refractivity contribution in [2.75, 3.05) is 6.61 Å². The van der Waals surface area contributed by atoms with Gasteiger partial charge in [0, 0.05) is 16.7 Å². The zero-order valence-electron chi connectivity index (χ0n) is 16.3. The number of carbonyl (C=O) groups excluding carboxylic acids is 2. The van der Waals surface area contributed by atoms with Gasteiger partial charge >= 0.3 is 0 Å². The predicted octanol–water partition coefficient (Wildman–Crippen LogP) is 1.80. The fraction of sp³-hybridized carbons (Fsp3) is 0.727. The maximum absolute atomic E-state index is 12.4. The molecule has 5 nitrogen and oxygen atoms in total. The number of aliphatic hydroxyl groups is 3. The zero-order valence-corrected chi connectivity index (χ0v) is 16.3. The largest absolute Gasteiger partial charge is 0.393 e. The molecule has 0 saturated heterocycles. The van der Waals surface area contributed by atoms with Gasteiger partial charge in [0.05, 0.1) is 6.10 Å².